The Morgan fingerprint density at radius 3 is 2.32 bits per heavy atom. The molecule has 2 fully saturated rings. The van der Waals surface area contributed by atoms with Crippen molar-refractivity contribution in [2.24, 2.45) is 11.3 Å². The van der Waals surface area contributed by atoms with Gasteiger partial charge in [0, 0.05) is 18.1 Å². The SMILES string of the molecule is CCNC1C(N(C)C2CCC(C)CC2)CCC1(C)C. The molecule has 0 amide bonds. The average molecular weight is 266 g/mol. The quantitative estimate of drug-likeness (QED) is 0.835. The fourth-order valence-electron chi connectivity index (χ4n) is 4.35. The molecule has 0 aromatic rings. The standard InChI is InChI=1S/C17H34N2/c1-6-18-16-15(11-12-17(16,3)4)19(5)14-9-7-13(2)8-10-14/h13-16,18H,6-12H2,1-5H3. The predicted octanol–water partition coefficient (Wildman–Crippen LogP) is 3.66. The molecule has 2 rings (SSSR count). The van der Waals surface area contributed by atoms with Crippen LogP contribution < -0.4 is 5.32 Å². The van der Waals surface area contributed by atoms with Gasteiger partial charge >= 0.3 is 0 Å². The predicted molar refractivity (Wildman–Crippen MR) is 83.5 cm³/mol. The van der Waals surface area contributed by atoms with E-state index in [0.29, 0.717) is 11.5 Å². The minimum atomic E-state index is 0.455. The summed E-state index contributed by atoms with van der Waals surface area (Å²) < 4.78 is 0. The van der Waals surface area contributed by atoms with E-state index in [1.165, 1.54) is 38.5 Å². The maximum absolute atomic E-state index is 3.77. The van der Waals surface area contributed by atoms with E-state index >= 15 is 0 Å². The van der Waals surface area contributed by atoms with Crippen LogP contribution in [-0.2, 0) is 0 Å². The summed E-state index contributed by atoms with van der Waals surface area (Å²) in [6, 6.07) is 2.24. The highest BCUT2D eigenvalue weighted by atomic mass is 15.2. The highest BCUT2D eigenvalue weighted by Crippen LogP contribution is 2.41. The van der Waals surface area contributed by atoms with Crippen molar-refractivity contribution in [1.29, 1.82) is 0 Å². The molecule has 0 saturated heterocycles. The lowest BCUT2D eigenvalue weighted by atomic mass is 9.84. The number of nitrogens with one attached hydrogen (secondary N) is 1. The molecule has 2 nitrogen and oxygen atoms in total. The molecule has 0 aromatic carbocycles. The third-order valence-electron chi connectivity index (χ3n) is 5.82. The Kier molecular flexibility index (Phi) is 4.94. The summed E-state index contributed by atoms with van der Waals surface area (Å²) in [6.45, 7) is 10.6. The Morgan fingerprint density at radius 1 is 1.11 bits per heavy atom. The molecule has 19 heavy (non-hydrogen) atoms. The van der Waals surface area contributed by atoms with Crippen molar-refractivity contribution in [2.45, 2.75) is 84.3 Å². The molecule has 2 aliphatic rings. The van der Waals surface area contributed by atoms with Gasteiger partial charge in [-0.2, -0.15) is 0 Å². The first-order chi connectivity index (χ1) is 8.95. The lowest BCUT2D eigenvalue weighted by Crippen LogP contribution is -2.53. The van der Waals surface area contributed by atoms with E-state index in [1.54, 1.807) is 0 Å². The highest BCUT2D eigenvalue weighted by Gasteiger charge is 2.44. The Labute approximate surface area is 120 Å². The molecule has 0 radical (unpaired) electrons. The van der Waals surface area contributed by atoms with Crippen molar-refractivity contribution >= 4 is 0 Å². The molecule has 0 bridgehead atoms. The zero-order chi connectivity index (χ0) is 14.0. The van der Waals surface area contributed by atoms with E-state index in [2.05, 4.69) is 45.0 Å². The van der Waals surface area contributed by atoms with Crippen LogP contribution in [0, 0.1) is 11.3 Å². The summed E-state index contributed by atoms with van der Waals surface area (Å²) >= 11 is 0. The Bertz CT molecular complexity index is 279. The van der Waals surface area contributed by atoms with Crippen LogP contribution in [0.3, 0.4) is 0 Å². The zero-order valence-electron chi connectivity index (χ0n) is 13.7. The van der Waals surface area contributed by atoms with Gasteiger partial charge in [-0.25, -0.2) is 0 Å². The summed E-state index contributed by atoms with van der Waals surface area (Å²) in [6.07, 6.45) is 8.41. The second kappa shape index (κ2) is 6.13. The number of hydrogen-bond acceptors (Lipinski definition) is 2. The Morgan fingerprint density at radius 2 is 1.74 bits per heavy atom. The van der Waals surface area contributed by atoms with E-state index in [1.807, 2.05) is 0 Å². The first kappa shape index (κ1) is 15.3. The van der Waals surface area contributed by atoms with E-state index in [-0.39, 0.29) is 0 Å². The number of rotatable bonds is 4. The molecule has 2 unspecified atom stereocenters. The number of hydrogen-bond donors (Lipinski definition) is 1. The largest absolute Gasteiger partial charge is 0.312 e. The highest BCUT2D eigenvalue weighted by molar-refractivity contribution is 5.01. The Balaban J connectivity index is 1.99. The van der Waals surface area contributed by atoms with Gasteiger partial charge in [0.1, 0.15) is 0 Å². The van der Waals surface area contributed by atoms with E-state index in [4.69, 9.17) is 0 Å². The minimum Gasteiger partial charge on any atom is -0.312 e. The molecule has 0 spiro atoms. The van der Waals surface area contributed by atoms with Gasteiger partial charge in [-0.05, 0) is 63.5 Å². The summed E-state index contributed by atoms with van der Waals surface area (Å²) in [5.41, 5.74) is 0.455. The number of nitrogens with zero attached hydrogens (tertiary/aromatic N) is 1. The van der Waals surface area contributed by atoms with Crippen LogP contribution in [0.25, 0.3) is 0 Å². The fraction of sp³-hybridized carbons (Fsp3) is 1.00. The van der Waals surface area contributed by atoms with Gasteiger partial charge in [0.15, 0.2) is 0 Å². The van der Waals surface area contributed by atoms with E-state index < -0.39 is 0 Å². The maximum atomic E-state index is 3.77. The van der Waals surface area contributed by atoms with Gasteiger partial charge in [0.25, 0.3) is 0 Å². The van der Waals surface area contributed by atoms with Crippen molar-refractivity contribution in [3.05, 3.63) is 0 Å². The zero-order valence-corrected chi connectivity index (χ0v) is 13.7. The summed E-state index contributed by atoms with van der Waals surface area (Å²) in [4.78, 5) is 2.73. The molecular formula is C17H34N2. The topological polar surface area (TPSA) is 15.3 Å². The molecule has 2 saturated carbocycles. The summed E-state index contributed by atoms with van der Waals surface area (Å²) in [5.74, 6) is 0.953. The van der Waals surface area contributed by atoms with Gasteiger partial charge in [-0.1, -0.05) is 27.7 Å². The molecule has 2 heteroatoms. The van der Waals surface area contributed by atoms with Crippen LogP contribution in [0.1, 0.15) is 66.2 Å². The number of likely N-dealkylation sites (N-methyl/N-ethyl adjacent to an activating group) is 2. The average Bonchev–Trinajstić information content (AvgIpc) is 2.66. The molecule has 112 valence electrons. The van der Waals surface area contributed by atoms with Gasteiger partial charge in [-0.15, -0.1) is 0 Å². The lowest BCUT2D eigenvalue weighted by molar-refractivity contribution is 0.0961. The molecule has 1 N–H and O–H groups in total. The van der Waals surface area contributed by atoms with Gasteiger partial charge in [0.05, 0.1) is 0 Å². The van der Waals surface area contributed by atoms with E-state index in [0.717, 1.165) is 24.5 Å². The molecule has 0 aliphatic heterocycles. The van der Waals surface area contributed by atoms with E-state index in [9.17, 15) is 0 Å². The van der Waals surface area contributed by atoms with Crippen molar-refractivity contribution in [2.75, 3.05) is 13.6 Å². The summed E-state index contributed by atoms with van der Waals surface area (Å²) in [7, 11) is 2.39. The monoisotopic (exact) mass is 266 g/mol. The van der Waals surface area contributed by atoms with Crippen molar-refractivity contribution < 1.29 is 0 Å². The smallest absolute Gasteiger partial charge is 0.0274 e. The first-order valence-corrected chi connectivity index (χ1v) is 8.41. The third-order valence-corrected chi connectivity index (χ3v) is 5.82. The third kappa shape index (κ3) is 3.33. The van der Waals surface area contributed by atoms with Gasteiger partial charge < -0.3 is 5.32 Å². The lowest BCUT2D eigenvalue weighted by Gasteiger charge is -2.41. The molecule has 0 heterocycles. The normalized spacial score (nSPS) is 38.8. The van der Waals surface area contributed by atoms with Crippen LogP contribution in [-0.4, -0.2) is 36.6 Å². The van der Waals surface area contributed by atoms with Crippen molar-refractivity contribution in [3.63, 3.8) is 0 Å². The molecule has 2 atom stereocenters. The van der Waals surface area contributed by atoms with Crippen LogP contribution in [0.5, 0.6) is 0 Å². The minimum absolute atomic E-state index is 0.455. The van der Waals surface area contributed by atoms with Crippen molar-refractivity contribution in [1.82, 2.24) is 10.2 Å². The second-order valence-electron chi connectivity index (χ2n) is 7.71. The summed E-state index contributed by atoms with van der Waals surface area (Å²) in [5, 5.41) is 3.77. The van der Waals surface area contributed by atoms with Crippen LogP contribution in [0.4, 0.5) is 0 Å². The van der Waals surface area contributed by atoms with Crippen LogP contribution in [0.15, 0.2) is 0 Å². The second-order valence-corrected chi connectivity index (χ2v) is 7.71. The van der Waals surface area contributed by atoms with Gasteiger partial charge in [-0.3, -0.25) is 4.90 Å². The fourth-order valence-corrected chi connectivity index (χ4v) is 4.35. The van der Waals surface area contributed by atoms with Crippen LogP contribution >= 0.6 is 0 Å². The maximum Gasteiger partial charge on any atom is 0.0274 e. The van der Waals surface area contributed by atoms with Crippen LogP contribution in [0.2, 0.25) is 0 Å². The Hall–Kier alpha value is -0.0800. The molecule has 2 aliphatic carbocycles. The molecule has 0 aromatic heterocycles. The van der Waals surface area contributed by atoms with Crippen molar-refractivity contribution in [3.8, 4) is 0 Å². The van der Waals surface area contributed by atoms with Gasteiger partial charge in [0.2, 0.25) is 0 Å². The first-order valence-electron chi connectivity index (χ1n) is 8.41. The molecular weight excluding hydrogens is 232 g/mol.